The third kappa shape index (κ3) is 3.02. The smallest absolute Gasteiger partial charge is 0.263 e. The normalized spacial score (nSPS) is 11.3. The Labute approximate surface area is 122 Å². The number of para-hydroxylation sites is 1. The molecule has 2 rings (SSSR count). The van der Waals surface area contributed by atoms with Gasteiger partial charge in [-0.1, -0.05) is 36.7 Å². The van der Waals surface area contributed by atoms with Crippen molar-refractivity contribution in [1.29, 1.82) is 0 Å². The van der Waals surface area contributed by atoms with E-state index < -0.39 is 10.0 Å². The lowest BCUT2D eigenvalue weighted by atomic mass is 10.1. The third-order valence-corrected chi connectivity index (χ3v) is 4.43. The highest BCUT2D eigenvalue weighted by Gasteiger charge is 2.17. The average molecular weight is 312 g/mol. The molecule has 0 radical (unpaired) electrons. The van der Waals surface area contributed by atoms with Crippen LogP contribution in [0.2, 0.25) is 5.02 Å². The molecule has 0 saturated heterocycles. The standard InChI is InChI=1S/C13H14ClN3O2S/c1-2-9-5-3-4-6-12(9)17-20(18,19)10-7-11(14)13(15)16-8-10/h3-8,17H,2H2,1H3,(H2,15,16). The van der Waals surface area contributed by atoms with Gasteiger partial charge < -0.3 is 5.73 Å². The van der Waals surface area contributed by atoms with Crippen molar-refractivity contribution in [1.82, 2.24) is 4.98 Å². The van der Waals surface area contributed by atoms with Crippen molar-refractivity contribution in [3.05, 3.63) is 47.1 Å². The van der Waals surface area contributed by atoms with E-state index in [4.69, 9.17) is 17.3 Å². The van der Waals surface area contributed by atoms with E-state index in [-0.39, 0.29) is 15.7 Å². The van der Waals surface area contributed by atoms with Gasteiger partial charge in [0.1, 0.15) is 10.7 Å². The van der Waals surface area contributed by atoms with Crippen LogP contribution < -0.4 is 10.5 Å². The maximum Gasteiger partial charge on any atom is 0.263 e. The Balaban J connectivity index is 2.38. The molecule has 0 fully saturated rings. The second-order valence-electron chi connectivity index (χ2n) is 4.15. The van der Waals surface area contributed by atoms with E-state index in [9.17, 15) is 8.42 Å². The van der Waals surface area contributed by atoms with Crippen LogP contribution in [-0.4, -0.2) is 13.4 Å². The van der Waals surface area contributed by atoms with Crippen LogP contribution in [0.1, 0.15) is 12.5 Å². The fourth-order valence-electron chi connectivity index (χ4n) is 1.71. The summed E-state index contributed by atoms with van der Waals surface area (Å²) in [5, 5.41) is 0.108. The molecule has 0 amide bonds. The minimum absolute atomic E-state index is 0.0254. The zero-order chi connectivity index (χ0) is 14.8. The Morgan fingerprint density at radius 1 is 1.35 bits per heavy atom. The second-order valence-corrected chi connectivity index (χ2v) is 6.24. The van der Waals surface area contributed by atoms with Crippen molar-refractivity contribution in [3.8, 4) is 0 Å². The van der Waals surface area contributed by atoms with E-state index in [0.29, 0.717) is 5.69 Å². The summed E-state index contributed by atoms with van der Waals surface area (Å²) in [6.07, 6.45) is 1.90. The van der Waals surface area contributed by atoms with Gasteiger partial charge in [0.15, 0.2) is 0 Å². The molecule has 7 heteroatoms. The molecular formula is C13H14ClN3O2S. The minimum Gasteiger partial charge on any atom is -0.382 e. The number of nitrogens with zero attached hydrogens (tertiary/aromatic N) is 1. The van der Waals surface area contributed by atoms with Gasteiger partial charge in [-0.25, -0.2) is 13.4 Å². The summed E-state index contributed by atoms with van der Waals surface area (Å²) < 4.78 is 27.1. The monoisotopic (exact) mass is 311 g/mol. The molecule has 1 aromatic heterocycles. The van der Waals surface area contributed by atoms with Gasteiger partial charge in [-0.05, 0) is 24.1 Å². The highest BCUT2D eigenvalue weighted by molar-refractivity contribution is 7.92. The lowest BCUT2D eigenvalue weighted by Gasteiger charge is -2.11. The molecule has 0 aliphatic rings. The van der Waals surface area contributed by atoms with E-state index in [1.807, 2.05) is 19.1 Å². The molecule has 3 N–H and O–H groups in total. The maximum absolute atomic E-state index is 12.3. The van der Waals surface area contributed by atoms with E-state index >= 15 is 0 Å². The number of pyridine rings is 1. The van der Waals surface area contributed by atoms with E-state index in [1.165, 1.54) is 12.3 Å². The third-order valence-electron chi connectivity index (χ3n) is 2.80. The molecule has 0 spiro atoms. The summed E-state index contributed by atoms with van der Waals surface area (Å²) in [5.41, 5.74) is 6.92. The van der Waals surface area contributed by atoms with Gasteiger partial charge in [0.25, 0.3) is 10.0 Å². The Hall–Kier alpha value is -1.79. The molecule has 0 saturated carbocycles. The Bertz CT molecular complexity index is 732. The summed E-state index contributed by atoms with van der Waals surface area (Å²) in [4.78, 5) is 3.73. The van der Waals surface area contributed by atoms with Crippen LogP contribution in [0.15, 0.2) is 41.4 Å². The minimum atomic E-state index is -3.74. The van der Waals surface area contributed by atoms with Gasteiger partial charge in [0.05, 0.1) is 10.7 Å². The molecule has 0 atom stereocenters. The number of nitrogen functional groups attached to an aromatic ring is 1. The molecule has 0 bridgehead atoms. The molecular weight excluding hydrogens is 298 g/mol. The van der Waals surface area contributed by atoms with Crippen LogP contribution in [0, 0.1) is 0 Å². The van der Waals surface area contributed by atoms with Crippen LogP contribution in [0.3, 0.4) is 0 Å². The molecule has 20 heavy (non-hydrogen) atoms. The Kier molecular flexibility index (Phi) is 4.15. The number of aryl methyl sites for hydroxylation is 1. The van der Waals surface area contributed by atoms with Gasteiger partial charge in [0.2, 0.25) is 0 Å². The van der Waals surface area contributed by atoms with Gasteiger partial charge >= 0.3 is 0 Å². The molecule has 106 valence electrons. The average Bonchev–Trinajstić information content (AvgIpc) is 2.42. The van der Waals surface area contributed by atoms with Gasteiger partial charge in [-0.2, -0.15) is 0 Å². The maximum atomic E-state index is 12.3. The lowest BCUT2D eigenvalue weighted by Crippen LogP contribution is -2.14. The highest BCUT2D eigenvalue weighted by Crippen LogP contribution is 2.23. The van der Waals surface area contributed by atoms with Crippen LogP contribution in [0.4, 0.5) is 11.5 Å². The number of benzene rings is 1. The number of halogens is 1. The number of hydrogen-bond acceptors (Lipinski definition) is 4. The van der Waals surface area contributed by atoms with Crippen molar-refractivity contribution >= 4 is 33.1 Å². The Morgan fingerprint density at radius 3 is 2.70 bits per heavy atom. The first-order chi connectivity index (χ1) is 9.44. The van der Waals surface area contributed by atoms with Gasteiger partial charge in [-0.15, -0.1) is 0 Å². The number of anilines is 2. The van der Waals surface area contributed by atoms with E-state index in [2.05, 4.69) is 9.71 Å². The molecule has 1 heterocycles. The van der Waals surface area contributed by atoms with Crippen LogP contribution in [0.5, 0.6) is 0 Å². The van der Waals surface area contributed by atoms with Crippen molar-refractivity contribution < 1.29 is 8.42 Å². The first kappa shape index (κ1) is 14.6. The number of rotatable bonds is 4. The van der Waals surface area contributed by atoms with Crippen molar-refractivity contribution in [2.45, 2.75) is 18.2 Å². The first-order valence-electron chi connectivity index (χ1n) is 5.96. The largest absolute Gasteiger partial charge is 0.382 e. The topological polar surface area (TPSA) is 85.1 Å². The summed E-state index contributed by atoms with van der Waals surface area (Å²) in [5.74, 6) is 0.0968. The van der Waals surface area contributed by atoms with Crippen LogP contribution in [0.25, 0.3) is 0 Å². The lowest BCUT2D eigenvalue weighted by molar-refractivity contribution is 0.601. The molecule has 0 aliphatic carbocycles. The Morgan fingerprint density at radius 2 is 2.05 bits per heavy atom. The number of nitrogens with two attached hydrogens (primary N) is 1. The van der Waals surface area contributed by atoms with E-state index in [1.54, 1.807) is 12.1 Å². The second kappa shape index (κ2) is 5.68. The number of hydrogen-bond donors (Lipinski definition) is 2. The van der Waals surface area contributed by atoms with Crippen LogP contribution in [-0.2, 0) is 16.4 Å². The SMILES string of the molecule is CCc1ccccc1NS(=O)(=O)c1cnc(N)c(Cl)c1. The number of nitrogens with one attached hydrogen (secondary N) is 1. The summed E-state index contributed by atoms with van der Waals surface area (Å²) in [6.45, 7) is 1.95. The highest BCUT2D eigenvalue weighted by atomic mass is 35.5. The summed E-state index contributed by atoms with van der Waals surface area (Å²) in [6, 6.07) is 8.49. The molecule has 1 aromatic carbocycles. The molecule has 2 aromatic rings. The first-order valence-corrected chi connectivity index (χ1v) is 7.82. The zero-order valence-electron chi connectivity index (χ0n) is 10.8. The molecule has 0 unspecified atom stereocenters. The predicted octanol–water partition coefficient (Wildman–Crippen LogP) is 2.68. The fraction of sp³-hybridized carbons (Fsp3) is 0.154. The van der Waals surface area contributed by atoms with Crippen molar-refractivity contribution in [2.24, 2.45) is 0 Å². The summed E-state index contributed by atoms with van der Waals surface area (Å²) >= 11 is 5.80. The van der Waals surface area contributed by atoms with Crippen LogP contribution >= 0.6 is 11.6 Å². The summed E-state index contributed by atoms with van der Waals surface area (Å²) in [7, 11) is -3.74. The number of sulfonamides is 1. The zero-order valence-corrected chi connectivity index (χ0v) is 12.4. The quantitative estimate of drug-likeness (QED) is 0.909. The molecule has 5 nitrogen and oxygen atoms in total. The predicted molar refractivity (Wildman–Crippen MR) is 80.3 cm³/mol. The number of aromatic nitrogens is 1. The van der Waals surface area contributed by atoms with Gasteiger partial charge in [0, 0.05) is 6.20 Å². The van der Waals surface area contributed by atoms with Crippen molar-refractivity contribution in [2.75, 3.05) is 10.5 Å². The van der Waals surface area contributed by atoms with Gasteiger partial charge in [-0.3, -0.25) is 4.72 Å². The fourth-order valence-corrected chi connectivity index (χ4v) is 3.01. The van der Waals surface area contributed by atoms with Crippen molar-refractivity contribution in [3.63, 3.8) is 0 Å². The van der Waals surface area contributed by atoms with E-state index in [0.717, 1.165) is 12.0 Å². The molecule has 0 aliphatic heterocycles.